The van der Waals surface area contributed by atoms with E-state index in [0.29, 0.717) is 0 Å². The summed E-state index contributed by atoms with van der Waals surface area (Å²) >= 11 is 0. The number of hydrogen-bond acceptors (Lipinski definition) is 1. The zero-order valence-electron chi connectivity index (χ0n) is 15.0. The minimum Gasteiger partial charge on any atom is -0.275 e. The fourth-order valence-corrected chi connectivity index (χ4v) is 0.626. The summed E-state index contributed by atoms with van der Waals surface area (Å²) in [5.41, 5.74) is 4.00. The molecule has 2 heteroatoms. The van der Waals surface area contributed by atoms with E-state index in [-0.39, 0.29) is 23.9 Å². The van der Waals surface area contributed by atoms with Crippen LogP contribution >= 0.6 is 0 Å². The minimum absolute atomic E-state index is 0. The number of hydrogen-bond donors (Lipinski definition) is 0. The second kappa shape index (κ2) is 28.2. The molecule has 0 aromatic carbocycles. The van der Waals surface area contributed by atoms with Gasteiger partial charge in [0.1, 0.15) is 6.04 Å². The molecule has 21 heavy (non-hydrogen) atoms. The Kier molecular flexibility index (Phi) is 39.0. The Labute approximate surface area is 152 Å². The molecular weight excluding hydrogens is 361 g/mol. The molecule has 0 aromatic rings. The quantitative estimate of drug-likeness (QED) is 0.398. The van der Waals surface area contributed by atoms with Gasteiger partial charge in [0.2, 0.25) is 0 Å². The minimum atomic E-state index is 0. The molecule has 1 rings (SSSR count). The van der Waals surface area contributed by atoms with Gasteiger partial charge in [-0.05, 0) is 19.9 Å². The Morgan fingerprint density at radius 3 is 1.33 bits per heavy atom. The van der Waals surface area contributed by atoms with Crippen LogP contribution < -0.4 is 0 Å². The molecule has 0 spiro atoms. The predicted molar refractivity (Wildman–Crippen MR) is 101 cm³/mol. The Balaban J connectivity index is -0.0000000973. The maximum atomic E-state index is 4.14. The van der Waals surface area contributed by atoms with Crippen molar-refractivity contribution in [1.82, 2.24) is 0 Å². The summed E-state index contributed by atoms with van der Waals surface area (Å²) in [4.78, 5) is 4.14. The monoisotopic (exact) mass is 397 g/mol. The van der Waals surface area contributed by atoms with Crippen molar-refractivity contribution in [2.24, 2.45) is 4.99 Å². The van der Waals surface area contributed by atoms with Crippen molar-refractivity contribution in [3.8, 4) is 0 Å². The third-order valence-electron chi connectivity index (χ3n) is 2.00. The topological polar surface area (TPSA) is 12.4 Å². The van der Waals surface area contributed by atoms with Crippen molar-refractivity contribution < 1.29 is 0 Å². The SMILES string of the molecule is C[C]1C=C=CC(C)=N1.[CH2]CCC.[CH2]CCC.[CH2]CCC.[Sn]. The van der Waals surface area contributed by atoms with Crippen LogP contribution in [0, 0.1) is 26.8 Å². The third kappa shape index (κ3) is 38.3. The van der Waals surface area contributed by atoms with E-state index in [2.05, 4.69) is 52.3 Å². The molecule has 0 aromatic heterocycles. The molecule has 0 bridgehead atoms. The van der Waals surface area contributed by atoms with E-state index < -0.39 is 0 Å². The van der Waals surface area contributed by atoms with E-state index >= 15 is 0 Å². The van der Waals surface area contributed by atoms with E-state index in [0.717, 1.165) is 31.0 Å². The molecule has 0 aliphatic carbocycles. The summed E-state index contributed by atoms with van der Waals surface area (Å²) in [5, 5.41) is 0. The normalized spacial score (nSPS) is 11.5. The van der Waals surface area contributed by atoms with Crippen LogP contribution in [0.15, 0.2) is 22.9 Å². The van der Waals surface area contributed by atoms with Crippen LogP contribution in [0.25, 0.3) is 0 Å². The number of nitrogens with zero attached hydrogens (tertiary/aromatic N) is 1. The average molecular weight is 396 g/mol. The van der Waals surface area contributed by atoms with Crippen LogP contribution in [0.2, 0.25) is 0 Å². The van der Waals surface area contributed by atoms with Crippen LogP contribution in [0.4, 0.5) is 0 Å². The standard InChI is InChI=1S/C7H8N.3C4H9.Sn/c1-6-4-3-5-7(2)8-6;3*1-3-4-2;/h4-5H,1-2H3;3*1,3-4H2,2H3;. The molecule has 0 amide bonds. The van der Waals surface area contributed by atoms with E-state index in [4.69, 9.17) is 0 Å². The van der Waals surface area contributed by atoms with Crippen LogP contribution in [-0.4, -0.2) is 29.6 Å². The van der Waals surface area contributed by atoms with Crippen molar-refractivity contribution in [2.45, 2.75) is 73.1 Å². The average Bonchev–Trinajstić information content (AvgIpc) is 2.47. The molecule has 0 N–H and O–H groups in total. The molecule has 1 aliphatic rings. The van der Waals surface area contributed by atoms with Crippen LogP contribution in [-0.2, 0) is 0 Å². The van der Waals surface area contributed by atoms with Gasteiger partial charge in [0.25, 0.3) is 0 Å². The van der Waals surface area contributed by atoms with Gasteiger partial charge in [-0.2, -0.15) is 0 Å². The Hall–Kier alpha value is -0.0113. The first-order valence-electron chi connectivity index (χ1n) is 7.72. The first-order valence-corrected chi connectivity index (χ1v) is 7.72. The molecule has 0 unspecified atom stereocenters. The molecule has 1 heterocycles. The first kappa shape index (κ1) is 29.1. The fourth-order valence-electron chi connectivity index (χ4n) is 0.626. The van der Waals surface area contributed by atoms with Gasteiger partial charge in [0, 0.05) is 35.7 Å². The molecule has 120 valence electrons. The maximum Gasteiger partial charge on any atom is 0.113 e. The smallest absolute Gasteiger partial charge is 0.113 e. The van der Waals surface area contributed by atoms with Gasteiger partial charge < -0.3 is 0 Å². The molecule has 8 radical (unpaired) electrons. The van der Waals surface area contributed by atoms with Gasteiger partial charge in [-0.3, -0.25) is 4.99 Å². The first-order chi connectivity index (χ1) is 9.53. The van der Waals surface area contributed by atoms with Crippen molar-refractivity contribution >= 4 is 29.6 Å². The van der Waals surface area contributed by atoms with Gasteiger partial charge in [-0.25, -0.2) is 0 Å². The van der Waals surface area contributed by atoms with Gasteiger partial charge in [-0.1, -0.05) is 80.1 Å². The Morgan fingerprint density at radius 1 is 0.857 bits per heavy atom. The summed E-state index contributed by atoms with van der Waals surface area (Å²) in [5.74, 6) is 0. The van der Waals surface area contributed by atoms with Gasteiger partial charge >= 0.3 is 0 Å². The molecule has 1 aliphatic heterocycles. The summed E-state index contributed by atoms with van der Waals surface area (Å²) in [6, 6.07) is 1.03. The van der Waals surface area contributed by atoms with Crippen molar-refractivity contribution in [2.75, 3.05) is 0 Å². The van der Waals surface area contributed by atoms with Crippen molar-refractivity contribution in [3.05, 3.63) is 44.7 Å². The Bertz CT molecular complexity index is 235. The number of unbranched alkanes of at least 4 members (excludes halogenated alkanes) is 3. The predicted octanol–water partition coefficient (Wildman–Crippen LogP) is 6.21. The number of rotatable bonds is 3. The summed E-state index contributed by atoms with van der Waals surface area (Å²) in [6.45, 7) is 21.1. The second-order valence-corrected chi connectivity index (χ2v) is 4.41. The molecule has 0 saturated heterocycles. The fraction of sp³-hybridized carbons (Fsp3) is 0.579. The second-order valence-electron chi connectivity index (χ2n) is 4.41. The van der Waals surface area contributed by atoms with E-state index in [1.807, 2.05) is 26.0 Å². The molecule has 1 nitrogen and oxygen atoms in total. The van der Waals surface area contributed by atoms with Crippen LogP contribution in [0.5, 0.6) is 0 Å². The van der Waals surface area contributed by atoms with Crippen LogP contribution in [0.1, 0.15) is 73.1 Å². The maximum absolute atomic E-state index is 4.14. The molecule has 0 saturated carbocycles. The van der Waals surface area contributed by atoms with E-state index in [1.54, 1.807) is 0 Å². The third-order valence-corrected chi connectivity index (χ3v) is 2.00. The Morgan fingerprint density at radius 2 is 1.19 bits per heavy atom. The zero-order valence-corrected chi connectivity index (χ0v) is 17.8. The summed E-state index contributed by atoms with van der Waals surface area (Å²) in [6.07, 6.45) is 10.6. The van der Waals surface area contributed by atoms with Crippen molar-refractivity contribution in [3.63, 3.8) is 0 Å². The molecular formula is C19H35NSn. The largest absolute Gasteiger partial charge is 0.275 e. The van der Waals surface area contributed by atoms with Gasteiger partial charge in [-0.15, -0.1) is 5.73 Å². The number of aliphatic imine (C=N–C) groups is 1. The molecule has 0 fully saturated rings. The molecule has 0 atom stereocenters. The van der Waals surface area contributed by atoms with Crippen LogP contribution in [0.3, 0.4) is 0 Å². The summed E-state index contributed by atoms with van der Waals surface area (Å²) < 4.78 is 0. The summed E-state index contributed by atoms with van der Waals surface area (Å²) in [7, 11) is 0. The van der Waals surface area contributed by atoms with Gasteiger partial charge in [0.05, 0.1) is 0 Å². The van der Waals surface area contributed by atoms with E-state index in [1.165, 1.54) is 19.3 Å². The zero-order chi connectivity index (χ0) is 16.2. The van der Waals surface area contributed by atoms with E-state index in [9.17, 15) is 0 Å². The van der Waals surface area contributed by atoms with Crippen molar-refractivity contribution in [1.29, 1.82) is 0 Å². The van der Waals surface area contributed by atoms with Gasteiger partial charge in [0.15, 0.2) is 0 Å².